The summed E-state index contributed by atoms with van der Waals surface area (Å²) in [7, 11) is 1.78. The maximum atomic E-state index is 12.8. The van der Waals surface area contributed by atoms with Crippen molar-refractivity contribution in [1.29, 1.82) is 5.26 Å². The van der Waals surface area contributed by atoms with Crippen LogP contribution >= 0.6 is 0 Å². The molecule has 1 aromatic rings. The fourth-order valence-corrected chi connectivity index (χ4v) is 3.95. The second-order valence-corrected chi connectivity index (χ2v) is 7.14. The largest absolute Gasteiger partial charge is 0.345 e. The molecule has 3 rings (SSSR count). The second kappa shape index (κ2) is 7.73. The summed E-state index contributed by atoms with van der Waals surface area (Å²) >= 11 is 0. The van der Waals surface area contributed by atoms with Crippen molar-refractivity contribution >= 4 is 11.8 Å². The minimum Gasteiger partial charge on any atom is -0.345 e. The van der Waals surface area contributed by atoms with Crippen LogP contribution in [0, 0.1) is 17.2 Å². The molecule has 1 aromatic heterocycles. The molecule has 2 aliphatic rings. The number of hydrogen-bond donors (Lipinski definition) is 0. The van der Waals surface area contributed by atoms with E-state index in [-0.39, 0.29) is 17.7 Å². The van der Waals surface area contributed by atoms with Crippen LogP contribution in [0.3, 0.4) is 0 Å². The first-order valence-corrected chi connectivity index (χ1v) is 9.24. The van der Waals surface area contributed by atoms with Crippen LogP contribution in [-0.2, 0) is 11.8 Å². The highest BCUT2D eigenvalue weighted by atomic mass is 16.2. The Bertz CT molecular complexity index is 682. The number of hydrogen-bond acceptors (Lipinski definition) is 3. The van der Waals surface area contributed by atoms with Gasteiger partial charge in [0.25, 0.3) is 5.91 Å². The van der Waals surface area contributed by atoms with Gasteiger partial charge in [0.15, 0.2) is 0 Å². The quantitative estimate of drug-likeness (QED) is 0.827. The van der Waals surface area contributed by atoms with Gasteiger partial charge < -0.3 is 14.4 Å². The summed E-state index contributed by atoms with van der Waals surface area (Å²) in [5.74, 6) is 0.401. The minimum atomic E-state index is -0.0593. The van der Waals surface area contributed by atoms with Crippen molar-refractivity contribution in [3.8, 4) is 6.07 Å². The number of aryl methyl sites for hydroxylation is 1. The predicted octanol–water partition coefficient (Wildman–Crippen LogP) is 2.15. The van der Waals surface area contributed by atoms with E-state index in [2.05, 4.69) is 6.07 Å². The Labute approximate surface area is 149 Å². The first-order valence-electron chi connectivity index (χ1n) is 9.24. The molecule has 0 radical (unpaired) electrons. The van der Waals surface area contributed by atoms with E-state index in [0.29, 0.717) is 30.9 Å². The number of carbonyl (C=O) groups is 2. The highest BCUT2D eigenvalue weighted by Gasteiger charge is 2.29. The molecule has 1 saturated carbocycles. The topological polar surface area (TPSA) is 69.3 Å². The summed E-state index contributed by atoms with van der Waals surface area (Å²) in [5.41, 5.74) is 1.03. The van der Waals surface area contributed by atoms with Gasteiger partial charge in [-0.3, -0.25) is 9.59 Å². The molecule has 1 aliphatic heterocycles. The van der Waals surface area contributed by atoms with Crippen molar-refractivity contribution in [2.45, 2.75) is 38.5 Å². The SMILES string of the molecule is Cn1cc(C#N)cc1C(=O)N1CCCN(C(=O)C2CCCCC2)CC1. The molecular formula is C19H26N4O2. The molecule has 0 spiro atoms. The zero-order chi connectivity index (χ0) is 17.8. The van der Waals surface area contributed by atoms with Crippen LogP contribution < -0.4 is 0 Å². The molecule has 134 valence electrons. The Hall–Kier alpha value is -2.29. The third kappa shape index (κ3) is 3.87. The van der Waals surface area contributed by atoms with Crippen molar-refractivity contribution in [3.63, 3.8) is 0 Å². The molecular weight excluding hydrogens is 316 g/mol. The minimum absolute atomic E-state index is 0.0593. The van der Waals surface area contributed by atoms with Gasteiger partial charge in [0.05, 0.1) is 5.56 Å². The number of nitriles is 1. The van der Waals surface area contributed by atoms with Crippen molar-refractivity contribution in [1.82, 2.24) is 14.4 Å². The van der Waals surface area contributed by atoms with Crippen LogP contribution in [0.1, 0.15) is 54.6 Å². The second-order valence-electron chi connectivity index (χ2n) is 7.14. The van der Waals surface area contributed by atoms with Gasteiger partial charge in [-0.2, -0.15) is 5.26 Å². The van der Waals surface area contributed by atoms with Crippen LogP contribution in [-0.4, -0.2) is 52.4 Å². The Morgan fingerprint density at radius 1 is 1.04 bits per heavy atom. The van der Waals surface area contributed by atoms with E-state index in [1.807, 2.05) is 9.80 Å². The molecule has 0 unspecified atom stereocenters. The van der Waals surface area contributed by atoms with Crippen LogP contribution in [0.4, 0.5) is 0 Å². The first-order chi connectivity index (χ1) is 12.1. The predicted molar refractivity (Wildman–Crippen MR) is 93.8 cm³/mol. The lowest BCUT2D eigenvalue weighted by molar-refractivity contribution is -0.136. The van der Waals surface area contributed by atoms with Gasteiger partial charge in [-0.05, 0) is 25.3 Å². The number of nitrogens with zero attached hydrogens (tertiary/aromatic N) is 4. The summed E-state index contributed by atoms with van der Waals surface area (Å²) in [4.78, 5) is 29.3. The van der Waals surface area contributed by atoms with Gasteiger partial charge in [0, 0.05) is 45.3 Å². The van der Waals surface area contributed by atoms with Gasteiger partial charge in [-0.1, -0.05) is 19.3 Å². The molecule has 1 saturated heterocycles. The molecule has 25 heavy (non-hydrogen) atoms. The van der Waals surface area contributed by atoms with Crippen LogP contribution in [0.15, 0.2) is 12.3 Å². The zero-order valence-corrected chi connectivity index (χ0v) is 14.9. The Morgan fingerprint density at radius 3 is 2.40 bits per heavy atom. The fraction of sp³-hybridized carbons (Fsp3) is 0.632. The Morgan fingerprint density at radius 2 is 1.72 bits per heavy atom. The van der Waals surface area contributed by atoms with Crippen molar-refractivity contribution in [2.75, 3.05) is 26.2 Å². The maximum Gasteiger partial charge on any atom is 0.270 e. The van der Waals surface area contributed by atoms with E-state index >= 15 is 0 Å². The molecule has 1 aliphatic carbocycles. The number of rotatable bonds is 2. The zero-order valence-electron chi connectivity index (χ0n) is 14.9. The molecule has 6 nitrogen and oxygen atoms in total. The van der Waals surface area contributed by atoms with Gasteiger partial charge in [-0.15, -0.1) is 0 Å². The van der Waals surface area contributed by atoms with Gasteiger partial charge in [0.1, 0.15) is 11.8 Å². The summed E-state index contributed by atoms with van der Waals surface area (Å²) in [6, 6.07) is 3.71. The number of amides is 2. The van der Waals surface area contributed by atoms with Crippen LogP contribution in [0.25, 0.3) is 0 Å². The van der Waals surface area contributed by atoms with E-state index in [9.17, 15) is 9.59 Å². The van der Waals surface area contributed by atoms with E-state index in [4.69, 9.17) is 5.26 Å². The molecule has 2 heterocycles. The Balaban J connectivity index is 1.63. The molecule has 2 fully saturated rings. The van der Waals surface area contributed by atoms with Gasteiger partial charge in [0.2, 0.25) is 5.91 Å². The first kappa shape index (κ1) is 17.5. The average Bonchev–Trinajstić information content (AvgIpc) is 2.86. The van der Waals surface area contributed by atoms with Crippen molar-refractivity contribution in [2.24, 2.45) is 13.0 Å². The fourth-order valence-electron chi connectivity index (χ4n) is 3.95. The summed E-state index contributed by atoms with van der Waals surface area (Å²) < 4.78 is 1.71. The molecule has 2 amide bonds. The standard InChI is InChI=1S/C19H26N4O2/c1-21-14-15(13-20)12-17(21)19(25)23-9-5-8-22(10-11-23)18(24)16-6-3-2-4-7-16/h12,14,16H,2-11H2,1H3. The Kier molecular flexibility index (Phi) is 5.42. The molecule has 0 aromatic carbocycles. The van der Waals surface area contributed by atoms with E-state index < -0.39 is 0 Å². The van der Waals surface area contributed by atoms with Crippen LogP contribution in [0.2, 0.25) is 0 Å². The lowest BCUT2D eigenvalue weighted by atomic mass is 9.88. The smallest absolute Gasteiger partial charge is 0.270 e. The normalized spacial score (nSPS) is 19.4. The van der Waals surface area contributed by atoms with Gasteiger partial charge >= 0.3 is 0 Å². The third-order valence-corrected chi connectivity index (χ3v) is 5.40. The highest BCUT2D eigenvalue weighted by molar-refractivity contribution is 5.93. The van der Waals surface area contributed by atoms with Crippen LogP contribution in [0.5, 0.6) is 0 Å². The lowest BCUT2D eigenvalue weighted by Gasteiger charge is -2.28. The lowest BCUT2D eigenvalue weighted by Crippen LogP contribution is -2.40. The summed E-state index contributed by atoms with van der Waals surface area (Å²) in [6.07, 6.45) is 8.06. The average molecular weight is 342 g/mol. The molecule has 0 atom stereocenters. The summed E-state index contributed by atoms with van der Waals surface area (Å²) in [5, 5.41) is 9.00. The monoisotopic (exact) mass is 342 g/mol. The van der Waals surface area contributed by atoms with E-state index in [1.54, 1.807) is 23.9 Å². The maximum absolute atomic E-state index is 12.8. The third-order valence-electron chi connectivity index (χ3n) is 5.40. The number of aromatic nitrogens is 1. The molecule has 6 heteroatoms. The van der Waals surface area contributed by atoms with E-state index in [1.165, 1.54) is 6.42 Å². The molecule has 0 N–H and O–H groups in total. The molecule has 0 bridgehead atoms. The highest BCUT2D eigenvalue weighted by Crippen LogP contribution is 2.26. The number of carbonyl (C=O) groups excluding carboxylic acids is 2. The van der Waals surface area contributed by atoms with E-state index in [0.717, 1.165) is 38.6 Å². The summed E-state index contributed by atoms with van der Waals surface area (Å²) in [6.45, 7) is 2.55. The van der Waals surface area contributed by atoms with Crippen molar-refractivity contribution in [3.05, 3.63) is 23.5 Å². The van der Waals surface area contributed by atoms with Gasteiger partial charge in [-0.25, -0.2) is 0 Å². The van der Waals surface area contributed by atoms with Crippen molar-refractivity contribution < 1.29 is 9.59 Å².